The first-order valence-electron chi connectivity index (χ1n) is 9.23. The molecule has 2 aromatic rings. The normalized spacial score (nSPS) is 15.0. The maximum atomic E-state index is 13.0. The quantitative estimate of drug-likeness (QED) is 0.536. The number of methoxy groups -OCH3 is 4. The van der Waals surface area contributed by atoms with Crippen molar-refractivity contribution in [2.24, 2.45) is 0 Å². The van der Waals surface area contributed by atoms with Gasteiger partial charge in [-0.3, -0.25) is 19.8 Å². The molecular weight excluding hydrogens is 404 g/mol. The number of benzene rings is 2. The third-order valence-electron chi connectivity index (χ3n) is 4.73. The summed E-state index contributed by atoms with van der Waals surface area (Å²) in [5.41, 5.74) is 0.829. The summed E-state index contributed by atoms with van der Waals surface area (Å²) in [4.78, 5) is 38.8. The van der Waals surface area contributed by atoms with Gasteiger partial charge in [0, 0.05) is 12.1 Å². The molecule has 31 heavy (non-hydrogen) atoms. The number of barbiturate groups is 1. The van der Waals surface area contributed by atoms with E-state index in [0.717, 1.165) is 4.90 Å². The average molecular weight is 426 g/mol. The Morgan fingerprint density at radius 2 is 1.42 bits per heavy atom. The van der Waals surface area contributed by atoms with Crippen LogP contribution in [0.1, 0.15) is 11.1 Å². The number of nitrogens with one attached hydrogen (secondary N) is 1. The maximum absolute atomic E-state index is 13.0. The molecule has 0 aliphatic carbocycles. The highest BCUT2D eigenvalue weighted by Crippen LogP contribution is 2.36. The second-order valence-electron chi connectivity index (χ2n) is 6.50. The van der Waals surface area contributed by atoms with E-state index in [4.69, 9.17) is 18.9 Å². The van der Waals surface area contributed by atoms with E-state index in [0.29, 0.717) is 34.1 Å². The minimum Gasteiger partial charge on any atom is -0.497 e. The lowest BCUT2D eigenvalue weighted by Crippen LogP contribution is -2.53. The van der Waals surface area contributed by atoms with Gasteiger partial charge >= 0.3 is 6.03 Å². The van der Waals surface area contributed by atoms with Crippen LogP contribution in [0.25, 0.3) is 6.08 Å². The number of hydrogen-bond acceptors (Lipinski definition) is 7. The molecule has 4 amide bonds. The summed E-state index contributed by atoms with van der Waals surface area (Å²) in [5, 5.41) is 2.20. The minimum atomic E-state index is -0.805. The molecule has 1 aliphatic rings. The van der Waals surface area contributed by atoms with E-state index in [-0.39, 0.29) is 12.1 Å². The molecule has 2 aromatic carbocycles. The van der Waals surface area contributed by atoms with Crippen molar-refractivity contribution in [3.63, 3.8) is 0 Å². The van der Waals surface area contributed by atoms with Crippen LogP contribution >= 0.6 is 0 Å². The molecule has 0 spiro atoms. The van der Waals surface area contributed by atoms with Crippen molar-refractivity contribution in [3.05, 3.63) is 53.1 Å². The van der Waals surface area contributed by atoms with Crippen LogP contribution in [0.15, 0.2) is 42.0 Å². The van der Waals surface area contributed by atoms with Gasteiger partial charge in [-0.1, -0.05) is 12.1 Å². The smallest absolute Gasteiger partial charge is 0.331 e. The van der Waals surface area contributed by atoms with E-state index in [9.17, 15) is 14.4 Å². The summed E-state index contributed by atoms with van der Waals surface area (Å²) < 4.78 is 21.1. The molecule has 1 heterocycles. The predicted molar refractivity (Wildman–Crippen MR) is 111 cm³/mol. The average Bonchev–Trinajstić information content (AvgIpc) is 2.79. The molecular formula is C22H22N2O7. The molecule has 0 unspecified atom stereocenters. The van der Waals surface area contributed by atoms with Crippen molar-refractivity contribution in [1.82, 2.24) is 10.2 Å². The first-order chi connectivity index (χ1) is 14.9. The Bertz CT molecular complexity index is 1020. The number of carbonyl (C=O) groups excluding carboxylic acids is 3. The molecule has 3 rings (SSSR count). The molecule has 162 valence electrons. The SMILES string of the molecule is COc1ccc(CN2C(=O)NC(=O)/C(=C\c3c(OC)cc(OC)cc3OC)C2=O)cc1. The monoisotopic (exact) mass is 426 g/mol. The number of rotatable bonds is 7. The Morgan fingerprint density at radius 3 is 1.94 bits per heavy atom. The number of amides is 4. The van der Waals surface area contributed by atoms with Gasteiger partial charge in [-0.2, -0.15) is 0 Å². The van der Waals surface area contributed by atoms with Crippen LogP contribution in [-0.4, -0.2) is 51.2 Å². The van der Waals surface area contributed by atoms with Gasteiger partial charge in [0.15, 0.2) is 0 Å². The fraction of sp³-hybridized carbons (Fsp3) is 0.227. The third kappa shape index (κ3) is 4.45. The Labute approximate surface area is 179 Å². The van der Waals surface area contributed by atoms with E-state index in [2.05, 4.69) is 5.32 Å². The van der Waals surface area contributed by atoms with Crippen LogP contribution < -0.4 is 24.3 Å². The molecule has 0 bridgehead atoms. The van der Waals surface area contributed by atoms with Crippen molar-refractivity contribution in [3.8, 4) is 23.0 Å². The highest BCUT2D eigenvalue weighted by Gasteiger charge is 2.36. The van der Waals surface area contributed by atoms with Gasteiger partial charge in [-0.15, -0.1) is 0 Å². The Hall–Kier alpha value is -4.01. The van der Waals surface area contributed by atoms with E-state index < -0.39 is 17.8 Å². The van der Waals surface area contributed by atoms with Crippen molar-refractivity contribution >= 4 is 23.9 Å². The van der Waals surface area contributed by atoms with E-state index in [1.165, 1.54) is 27.4 Å². The molecule has 1 fully saturated rings. The van der Waals surface area contributed by atoms with Crippen LogP contribution in [0.2, 0.25) is 0 Å². The zero-order valence-electron chi connectivity index (χ0n) is 17.6. The highest BCUT2D eigenvalue weighted by molar-refractivity contribution is 6.31. The number of ether oxygens (including phenoxy) is 4. The lowest BCUT2D eigenvalue weighted by molar-refractivity contribution is -0.130. The second-order valence-corrected chi connectivity index (χ2v) is 6.50. The van der Waals surface area contributed by atoms with Gasteiger partial charge in [-0.05, 0) is 23.8 Å². The number of imide groups is 2. The second kappa shape index (κ2) is 9.21. The number of carbonyl (C=O) groups is 3. The van der Waals surface area contributed by atoms with E-state index in [1.807, 2.05) is 0 Å². The predicted octanol–water partition coefficient (Wildman–Crippen LogP) is 2.38. The molecule has 1 saturated heterocycles. The highest BCUT2D eigenvalue weighted by atomic mass is 16.5. The Balaban J connectivity index is 1.99. The lowest BCUT2D eigenvalue weighted by atomic mass is 10.0. The largest absolute Gasteiger partial charge is 0.497 e. The van der Waals surface area contributed by atoms with Gasteiger partial charge < -0.3 is 18.9 Å². The van der Waals surface area contributed by atoms with Crippen LogP contribution in [0.5, 0.6) is 23.0 Å². The Kier molecular flexibility index (Phi) is 6.44. The molecule has 0 atom stereocenters. The number of hydrogen-bond donors (Lipinski definition) is 1. The van der Waals surface area contributed by atoms with Crippen LogP contribution in [0, 0.1) is 0 Å². The molecule has 9 heteroatoms. The van der Waals surface area contributed by atoms with Gasteiger partial charge in [0.25, 0.3) is 11.8 Å². The van der Waals surface area contributed by atoms with Crippen molar-refractivity contribution < 1.29 is 33.3 Å². The third-order valence-corrected chi connectivity index (χ3v) is 4.73. The molecule has 1 N–H and O–H groups in total. The van der Waals surface area contributed by atoms with Crippen molar-refractivity contribution in [1.29, 1.82) is 0 Å². The van der Waals surface area contributed by atoms with Crippen LogP contribution in [0.4, 0.5) is 4.79 Å². The fourth-order valence-corrected chi connectivity index (χ4v) is 3.07. The zero-order chi connectivity index (χ0) is 22.5. The van der Waals surface area contributed by atoms with E-state index >= 15 is 0 Å². The van der Waals surface area contributed by atoms with Gasteiger partial charge in [-0.25, -0.2) is 4.79 Å². The first-order valence-corrected chi connectivity index (χ1v) is 9.23. The summed E-state index contributed by atoms with van der Waals surface area (Å²) in [6.45, 7) is -0.0177. The number of urea groups is 1. The maximum Gasteiger partial charge on any atom is 0.331 e. The minimum absolute atomic E-state index is 0.0177. The summed E-state index contributed by atoms with van der Waals surface area (Å²) in [6, 6.07) is 9.30. The van der Waals surface area contributed by atoms with Crippen LogP contribution in [-0.2, 0) is 16.1 Å². The van der Waals surface area contributed by atoms with Crippen LogP contribution in [0.3, 0.4) is 0 Å². The summed E-state index contributed by atoms with van der Waals surface area (Å²) in [5.74, 6) is 0.260. The standard InChI is InChI=1S/C22H22N2O7/c1-28-14-7-5-13(6-8-14)12-24-21(26)17(20(25)23-22(24)27)11-16-18(30-3)9-15(29-2)10-19(16)31-4/h5-11H,12H2,1-4H3,(H,23,25,27)/b17-11+. The van der Waals surface area contributed by atoms with Gasteiger partial charge in [0.1, 0.15) is 28.6 Å². The van der Waals surface area contributed by atoms with Crippen molar-refractivity contribution in [2.45, 2.75) is 6.54 Å². The lowest BCUT2D eigenvalue weighted by Gasteiger charge is -2.26. The summed E-state index contributed by atoms with van der Waals surface area (Å²) in [7, 11) is 5.92. The number of nitrogens with zero attached hydrogens (tertiary/aromatic N) is 1. The fourth-order valence-electron chi connectivity index (χ4n) is 3.07. The first kappa shape index (κ1) is 21.7. The summed E-state index contributed by atoms with van der Waals surface area (Å²) in [6.07, 6.45) is 1.34. The molecule has 1 aliphatic heterocycles. The van der Waals surface area contributed by atoms with Gasteiger partial charge in [0.2, 0.25) is 0 Å². The summed E-state index contributed by atoms with van der Waals surface area (Å²) >= 11 is 0. The topological polar surface area (TPSA) is 103 Å². The van der Waals surface area contributed by atoms with E-state index in [1.54, 1.807) is 43.5 Å². The molecule has 9 nitrogen and oxygen atoms in total. The zero-order valence-corrected chi connectivity index (χ0v) is 17.6. The molecule has 0 aromatic heterocycles. The van der Waals surface area contributed by atoms with Gasteiger partial charge in [0.05, 0.1) is 40.5 Å². The van der Waals surface area contributed by atoms with Crippen molar-refractivity contribution in [2.75, 3.05) is 28.4 Å². The molecule has 0 saturated carbocycles. The molecule has 0 radical (unpaired) electrons. The Morgan fingerprint density at radius 1 is 0.839 bits per heavy atom.